The summed E-state index contributed by atoms with van der Waals surface area (Å²) in [6.45, 7) is 3.69. The Labute approximate surface area is 99.9 Å². The van der Waals surface area contributed by atoms with Crippen molar-refractivity contribution in [2.24, 2.45) is 0 Å². The molecule has 0 aliphatic carbocycles. The average molecular weight is 257 g/mol. The van der Waals surface area contributed by atoms with E-state index in [1.165, 1.54) is 18.2 Å². The third kappa shape index (κ3) is 3.50. The Balaban J connectivity index is 3.11. The Morgan fingerprint density at radius 2 is 1.94 bits per heavy atom. The highest BCUT2D eigenvalue weighted by Crippen LogP contribution is 2.22. The van der Waals surface area contributed by atoms with Gasteiger partial charge >= 0.3 is 0 Å². The van der Waals surface area contributed by atoms with Gasteiger partial charge in [0.1, 0.15) is 0 Å². The van der Waals surface area contributed by atoms with E-state index in [4.69, 9.17) is 0 Å². The molecule has 1 N–H and O–H groups in total. The van der Waals surface area contributed by atoms with E-state index >= 15 is 0 Å². The van der Waals surface area contributed by atoms with Crippen LogP contribution < -0.4 is 4.72 Å². The summed E-state index contributed by atoms with van der Waals surface area (Å²) in [6, 6.07) is 5.25. The first kappa shape index (κ1) is 13.6. The molecule has 0 unspecified atom stereocenters. The second-order valence-electron chi connectivity index (χ2n) is 3.76. The molecule has 1 rings (SSSR count). The first-order valence-electron chi connectivity index (χ1n) is 4.86. The van der Waals surface area contributed by atoms with E-state index < -0.39 is 20.6 Å². The lowest BCUT2D eigenvalue weighted by molar-refractivity contribution is -0.387. The maximum Gasteiger partial charge on any atom is 0.289 e. The summed E-state index contributed by atoms with van der Waals surface area (Å²) in [7, 11) is -3.84. The van der Waals surface area contributed by atoms with Crippen molar-refractivity contribution >= 4 is 15.7 Å². The van der Waals surface area contributed by atoms with Crippen LogP contribution in [0.15, 0.2) is 29.2 Å². The van der Waals surface area contributed by atoms with Gasteiger partial charge in [-0.05, 0) is 12.0 Å². The fourth-order valence-electron chi connectivity index (χ4n) is 1.15. The quantitative estimate of drug-likeness (QED) is 0.639. The Bertz CT molecular complexity index is 511. The average Bonchev–Trinajstić information content (AvgIpc) is 2.26. The molecule has 0 heterocycles. The maximum absolute atomic E-state index is 11.8. The molecule has 1 radical (unpaired) electrons. The van der Waals surface area contributed by atoms with Gasteiger partial charge in [0.15, 0.2) is 4.90 Å². The Hall–Kier alpha value is -1.47. The van der Waals surface area contributed by atoms with Crippen LogP contribution >= 0.6 is 0 Å². The summed E-state index contributed by atoms with van der Waals surface area (Å²) in [5, 5.41) is 10.7. The molecule has 0 amide bonds. The molecule has 0 saturated heterocycles. The SMILES string of the molecule is C[C](C)CNS(=O)(=O)c1ccccc1[N+](=O)[O-]. The molecular formula is C10H13N2O4S. The molecule has 0 spiro atoms. The van der Waals surface area contributed by atoms with E-state index in [1.54, 1.807) is 13.8 Å². The van der Waals surface area contributed by atoms with Crippen LogP contribution in [0.2, 0.25) is 0 Å². The molecule has 0 aromatic heterocycles. The summed E-state index contributed by atoms with van der Waals surface area (Å²) in [6.07, 6.45) is 0. The number of nitrogens with one attached hydrogen (secondary N) is 1. The number of hydrogen-bond donors (Lipinski definition) is 1. The second kappa shape index (κ2) is 5.24. The van der Waals surface area contributed by atoms with Gasteiger partial charge in [-0.1, -0.05) is 26.0 Å². The molecule has 0 aliphatic rings. The van der Waals surface area contributed by atoms with Crippen LogP contribution in [0.3, 0.4) is 0 Å². The number of para-hydroxylation sites is 1. The molecule has 93 valence electrons. The molecular weight excluding hydrogens is 244 g/mol. The third-order valence-electron chi connectivity index (χ3n) is 1.97. The number of sulfonamides is 1. The van der Waals surface area contributed by atoms with Gasteiger partial charge in [0.2, 0.25) is 10.0 Å². The number of hydrogen-bond acceptors (Lipinski definition) is 4. The molecule has 0 aliphatic heterocycles. The van der Waals surface area contributed by atoms with Gasteiger partial charge in [0, 0.05) is 12.6 Å². The zero-order valence-electron chi connectivity index (χ0n) is 9.50. The Morgan fingerprint density at radius 1 is 1.35 bits per heavy atom. The fourth-order valence-corrected chi connectivity index (χ4v) is 2.46. The van der Waals surface area contributed by atoms with Gasteiger partial charge in [-0.2, -0.15) is 0 Å². The zero-order valence-corrected chi connectivity index (χ0v) is 10.3. The van der Waals surface area contributed by atoms with Crippen molar-refractivity contribution in [3.05, 3.63) is 40.3 Å². The van der Waals surface area contributed by atoms with E-state index in [-0.39, 0.29) is 11.4 Å². The molecule has 6 nitrogen and oxygen atoms in total. The van der Waals surface area contributed by atoms with E-state index in [0.717, 1.165) is 12.0 Å². The monoisotopic (exact) mass is 257 g/mol. The summed E-state index contributed by atoms with van der Waals surface area (Å²) in [5.74, 6) is 0.868. The topological polar surface area (TPSA) is 89.3 Å². The van der Waals surface area contributed by atoms with Crippen molar-refractivity contribution in [2.45, 2.75) is 18.7 Å². The molecule has 17 heavy (non-hydrogen) atoms. The van der Waals surface area contributed by atoms with Crippen LogP contribution in [0.5, 0.6) is 0 Å². The number of nitro groups is 1. The Morgan fingerprint density at radius 3 is 2.47 bits per heavy atom. The normalized spacial score (nSPS) is 11.7. The lowest BCUT2D eigenvalue weighted by Gasteiger charge is -2.08. The van der Waals surface area contributed by atoms with Crippen molar-refractivity contribution in [3.8, 4) is 0 Å². The van der Waals surface area contributed by atoms with E-state index in [2.05, 4.69) is 4.72 Å². The van der Waals surface area contributed by atoms with Crippen molar-refractivity contribution in [1.29, 1.82) is 0 Å². The minimum atomic E-state index is -3.84. The summed E-state index contributed by atoms with van der Waals surface area (Å²) in [4.78, 5) is 9.69. The van der Waals surface area contributed by atoms with Gasteiger partial charge in [0.05, 0.1) is 4.92 Å². The first-order chi connectivity index (χ1) is 7.84. The number of rotatable bonds is 5. The smallest absolute Gasteiger partial charge is 0.258 e. The largest absolute Gasteiger partial charge is 0.289 e. The second-order valence-corrected chi connectivity index (χ2v) is 5.49. The van der Waals surface area contributed by atoms with Crippen molar-refractivity contribution < 1.29 is 13.3 Å². The maximum atomic E-state index is 11.8. The van der Waals surface area contributed by atoms with Crippen LogP contribution in [0.1, 0.15) is 13.8 Å². The molecule has 0 saturated carbocycles. The van der Waals surface area contributed by atoms with E-state index in [0.29, 0.717) is 0 Å². The van der Waals surface area contributed by atoms with Gasteiger partial charge in [0.25, 0.3) is 5.69 Å². The molecule has 1 aromatic rings. The standard InChI is InChI=1S/C10H13N2O4S/c1-8(2)7-11-17(15,16)10-6-4-3-5-9(10)12(13)14/h3-6,11H,7H2,1-2H3. The fraction of sp³-hybridized carbons (Fsp3) is 0.300. The highest BCUT2D eigenvalue weighted by molar-refractivity contribution is 7.89. The number of nitro benzene ring substituents is 1. The minimum Gasteiger partial charge on any atom is -0.258 e. The molecule has 0 bridgehead atoms. The van der Waals surface area contributed by atoms with Crippen molar-refractivity contribution in [3.63, 3.8) is 0 Å². The minimum absolute atomic E-state index is 0.161. The van der Waals surface area contributed by atoms with Crippen LogP contribution in [0, 0.1) is 16.0 Å². The summed E-state index contributed by atoms with van der Waals surface area (Å²) >= 11 is 0. The predicted octanol–water partition coefficient (Wildman–Crippen LogP) is 1.49. The van der Waals surface area contributed by atoms with E-state index in [1.807, 2.05) is 0 Å². The van der Waals surface area contributed by atoms with Crippen LogP contribution in [-0.2, 0) is 10.0 Å². The van der Waals surface area contributed by atoms with Gasteiger partial charge in [-0.25, -0.2) is 13.1 Å². The molecule has 1 aromatic carbocycles. The van der Waals surface area contributed by atoms with Crippen molar-refractivity contribution in [2.75, 3.05) is 6.54 Å². The van der Waals surface area contributed by atoms with Gasteiger partial charge < -0.3 is 0 Å². The highest BCUT2D eigenvalue weighted by atomic mass is 32.2. The molecule has 0 fully saturated rings. The number of benzene rings is 1. The lowest BCUT2D eigenvalue weighted by atomic mass is 10.2. The summed E-state index contributed by atoms with van der Waals surface area (Å²) in [5.41, 5.74) is -0.422. The summed E-state index contributed by atoms with van der Waals surface area (Å²) < 4.78 is 26.0. The zero-order chi connectivity index (χ0) is 13.1. The van der Waals surface area contributed by atoms with Gasteiger partial charge in [-0.3, -0.25) is 10.1 Å². The van der Waals surface area contributed by atoms with E-state index in [9.17, 15) is 18.5 Å². The molecule has 7 heteroatoms. The predicted molar refractivity (Wildman–Crippen MR) is 62.9 cm³/mol. The lowest BCUT2D eigenvalue weighted by Crippen LogP contribution is -2.27. The Kier molecular flexibility index (Phi) is 4.19. The molecule has 0 atom stereocenters. The van der Waals surface area contributed by atoms with Crippen LogP contribution in [0.25, 0.3) is 0 Å². The van der Waals surface area contributed by atoms with Crippen LogP contribution in [-0.4, -0.2) is 19.9 Å². The van der Waals surface area contributed by atoms with Gasteiger partial charge in [-0.15, -0.1) is 0 Å². The van der Waals surface area contributed by atoms with Crippen molar-refractivity contribution in [1.82, 2.24) is 4.72 Å². The highest BCUT2D eigenvalue weighted by Gasteiger charge is 2.24. The third-order valence-corrected chi connectivity index (χ3v) is 3.42. The first-order valence-corrected chi connectivity index (χ1v) is 6.35. The van der Waals surface area contributed by atoms with Crippen LogP contribution in [0.4, 0.5) is 5.69 Å². The number of nitrogens with zero attached hydrogens (tertiary/aromatic N) is 1.